The van der Waals surface area contributed by atoms with Gasteiger partial charge in [-0.15, -0.1) is 0 Å². The van der Waals surface area contributed by atoms with Crippen molar-refractivity contribution in [3.8, 4) is 5.75 Å². The van der Waals surface area contributed by atoms with Gasteiger partial charge in [0.25, 0.3) is 5.85 Å². The largest absolute Gasteiger partial charge is 0.462 e. The number of benzene rings is 1. The van der Waals surface area contributed by atoms with E-state index >= 15 is 4.39 Å². The Morgan fingerprint density at radius 3 is 2.57 bits per heavy atom. The van der Waals surface area contributed by atoms with E-state index in [2.05, 4.69) is 5.09 Å². The lowest BCUT2D eigenvalue weighted by molar-refractivity contribution is -0.209. The molecule has 1 aromatic carbocycles. The van der Waals surface area contributed by atoms with Gasteiger partial charge >= 0.3 is 12.6 Å². The lowest BCUT2D eigenvalue weighted by Crippen LogP contribution is -2.54. The Morgan fingerprint density at radius 2 is 1.97 bits per heavy atom. The van der Waals surface area contributed by atoms with E-state index in [9.17, 15) is 24.6 Å². The van der Waals surface area contributed by atoms with Crippen LogP contribution in [0.5, 0.6) is 5.75 Å². The van der Waals surface area contributed by atoms with Gasteiger partial charge in [-0.2, -0.15) is 0 Å². The summed E-state index contributed by atoms with van der Waals surface area (Å²) in [6.07, 6.45) is -2.63. The van der Waals surface area contributed by atoms with Crippen LogP contribution in [0.4, 0.5) is 4.39 Å². The summed E-state index contributed by atoms with van der Waals surface area (Å²) in [6, 6.07) is 7.21. The van der Waals surface area contributed by atoms with Gasteiger partial charge < -0.3 is 28.7 Å². The van der Waals surface area contributed by atoms with Crippen molar-refractivity contribution in [1.29, 1.82) is 0 Å². The van der Waals surface area contributed by atoms with Crippen molar-refractivity contribution in [2.75, 3.05) is 6.61 Å². The first-order valence-electron chi connectivity index (χ1n) is 11.4. The first kappa shape index (κ1) is 29.3. The van der Waals surface area contributed by atoms with Gasteiger partial charge in [-0.1, -0.05) is 18.2 Å². The summed E-state index contributed by atoms with van der Waals surface area (Å²) < 4.78 is 37.9. The quantitative estimate of drug-likeness (QED) is 0.218. The zero-order chi connectivity index (χ0) is 27.6. The Labute approximate surface area is 218 Å². The fourth-order valence-corrected chi connectivity index (χ4v) is 6.05. The van der Waals surface area contributed by atoms with Gasteiger partial charge in [-0.3, -0.25) is 19.3 Å². The molecule has 37 heavy (non-hydrogen) atoms. The summed E-state index contributed by atoms with van der Waals surface area (Å²) in [4.78, 5) is 37.0. The molecule has 2 aliphatic rings. The third-order valence-corrected chi connectivity index (χ3v) is 7.99. The highest BCUT2D eigenvalue weighted by Crippen LogP contribution is 2.49. The smallest absolute Gasteiger partial charge is 0.323 e. The highest BCUT2D eigenvalue weighted by molar-refractivity contribution is 8.09. The van der Waals surface area contributed by atoms with Crippen LogP contribution < -0.4 is 9.61 Å². The first-order valence-corrected chi connectivity index (χ1v) is 14.1. The van der Waals surface area contributed by atoms with Crippen molar-refractivity contribution in [3.63, 3.8) is 0 Å². The van der Waals surface area contributed by atoms with Crippen LogP contribution in [0.3, 0.4) is 0 Å². The van der Waals surface area contributed by atoms with E-state index < -0.39 is 73.3 Å². The predicted octanol–water partition coefficient (Wildman–Crippen LogP) is 1.69. The minimum absolute atomic E-state index is 0.266. The summed E-state index contributed by atoms with van der Waals surface area (Å²) in [6.45, 7) is 1.16. The SMILES string of the molecule is CC(C)OC(=O)[C@H](C)NP(=S)(OC[C@@]1(F)O[C@@H](N2C=CC(=O)CC2=O)[C@](C)(O)[C@@H]1O)Oc1ccccc1. The minimum Gasteiger partial charge on any atom is -0.462 e. The fraction of sp³-hybridized carbons (Fsp3) is 0.522. The molecule has 6 atom stereocenters. The molecule has 0 radical (unpaired) electrons. The van der Waals surface area contributed by atoms with Gasteiger partial charge in [0.2, 0.25) is 5.91 Å². The molecule has 204 valence electrons. The summed E-state index contributed by atoms with van der Waals surface area (Å²) >= 11 is 5.53. The maximum absolute atomic E-state index is 16.0. The number of aliphatic hydroxyl groups is 2. The summed E-state index contributed by atoms with van der Waals surface area (Å²) in [5, 5.41) is 24.2. The monoisotopic (exact) mass is 560 g/mol. The Kier molecular flexibility index (Phi) is 8.90. The summed E-state index contributed by atoms with van der Waals surface area (Å²) in [5.74, 6) is -4.64. The van der Waals surface area contributed by atoms with Crippen molar-refractivity contribution >= 4 is 36.1 Å². The molecule has 14 heteroatoms. The zero-order valence-corrected chi connectivity index (χ0v) is 22.4. The second-order valence-corrected chi connectivity index (χ2v) is 12.3. The van der Waals surface area contributed by atoms with Crippen LogP contribution in [0.1, 0.15) is 34.1 Å². The highest BCUT2D eigenvalue weighted by atomic mass is 32.5. The van der Waals surface area contributed by atoms with Crippen molar-refractivity contribution < 1.29 is 47.5 Å². The lowest BCUT2D eigenvalue weighted by Gasteiger charge is -2.34. The number of rotatable bonds is 10. The standard InChI is InChI=1S/C23H30FN2O9PS/c1-14(2)33-19(29)15(3)25-36(37,35-17-8-6-5-7-9-17)32-13-23(24)20(30)22(4,31)21(34-23)26-11-10-16(27)12-18(26)28/h5-11,14-15,20-21,30-31H,12-13H2,1-4H3,(H,25,37)/t15-,20-,21+,22+,23+,36?/m0/s1. The molecule has 0 bridgehead atoms. The molecule has 1 amide bonds. The van der Waals surface area contributed by atoms with Gasteiger partial charge in [0, 0.05) is 6.20 Å². The summed E-state index contributed by atoms with van der Waals surface area (Å²) in [7, 11) is 0. The predicted molar refractivity (Wildman–Crippen MR) is 132 cm³/mol. The maximum atomic E-state index is 16.0. The number of hydrogen-bond donors (Lipinski definition) is 3. The number of esters is 1. The number of carbonyl (C=O) groups is 3. The molecular formula is C23H30FN2O9PS. The number of nitrogens with one attached hydrogen (secondary N) is 1. The molecular weight excluding hydrogens is 530 g/mol. The number of amides is 1. The van der Waals surface area contributed by atoms with Gasteiger partial charge in [-0.25, -0.2) is 9.48 Å². The van der Waals surface area contributed by atoms with Crippen LogP contribution in [-0.2, 0) is 40.2 Å². The number of alkyl halides is 1. The fourth-order valence-electron chi connectivity index (χ4n) is 3.65. The van der Waals surface area contributed by atoms with E-state index in [-0.39, 0.29) is 5.75 Å². The van der Waals surface area contributed by atoms with Crippen LogP contribution >= 0.6 is 6.64 Å². The van der Waals surface area contributed by atoms with E-state index in [4.69, 9.17) is 30.3 Å². The van der Waals surface area contributed by atoms with Crippen molar-refractivity contribution in [3.05, 3.63) is 42.6 Å². The van der Waals surface area contributed by atoms with Crippen LogP contribution in [-0.4, -0.2) is 75.3 Å². The number of allylic oxidation sites excluding steroid dienone is 1. The van der Waals surface area contributed by atoms with E-state index in [1.165, 1.54) is 6.92 Å². The molecule has 1 unspecified atom stereocenters. The Morgan fingerprint density at radius 1 is 1.32 bits per heavy atom. The normalized spacial score (nSPS) is 30.3. The molecule has 0 saturated carbocycles. The van der Waals surface area contributed by atoms with E-state index in [0.717, 1.165) is 24.1 Å². The first-order chi connectivity index (χ1) is 17.2. The van der Waals surface area contributed by atoms with Gasteiger partial charge in [0.1, 0.15) is 30.1 Å². The molecule has 3 rings (SSSR count). The Balaban J connectivity index is 1.82. The van der Waals surface area contributed by atoms with Crippen molar-refractivity contribution in [2.45, 2.75) is 70.0 Å². The van der Waals surface area contributed by atoms with Gasteiger partial charge in [0.15, 0.2) is 12.0 Å². The molecule has 1 saturated heterocycles. The number of para-hydroxylation sites is 1. The van der Waals surface area contributed by atoms with E-state index in [0.29, 0.717) is 0 Å². The van der Waals surface area contributed by atoms with Gasteiger partial charge in [0.05, 0.1) is 12.5 Å². The number of hydrogen-bond acceptors (Lipinski definition) is 10. The Hall–Kier alpha value is -2.25. The molecule has 1 fully saturated rings. The maximum Gasteiger partial charge on any atom is 0.323 e. The number of carbonyl (C=O) groups excluding carboxylic acids is 3. The van der Waals surface area contributed by atoms with E-state index in [1.54, 1.807) is 44.2 Å². The summed E-state index contributed by atoms with van der Waals surface area (Å²) in [5.41, 5.74) is -2.29. The van der Waals surface area contributed by atoms with Crippen LogP contribution in [0.25, 0.3) is 0 Å². The molecule has 0 aromatic heterocycles. The third kappa shape index (κ3) is 6.80. The number of ether oxygens (including phenoxy) is 2. The highest BCUT2D eigenvalue weighted by Gasteiger charge is 2.64. The second-order valence-electron chi connectivity index (χ2n) is 9.16. The molecule has 11 nitrogen and oxygen atoms in total. The number of nitrogens with zero attached hydrogens (tertiary/aromatic N) is 1. The van der Waals surface area contributed by atoms with Crippen LogP contribution in [0.2, 0.25) is 0 Å². The zero-order valence-electron chi connectivity index (χ0n) is 20.7. The molecule has 3 N–H and O–H groups in total. The third-order valence-electron chi connectivity index (χ3n) is 5.51. The number of ketones is 1. The van der Waals surface area contributed by atoms with Crippen molar-refractivity contribution in [1.82, 2.24) is 9.99 Å². The number of halogens is 1. The number of aliphatic hydroxyl groups excluding tert-OH is 1. The molecule has 2 heterocycles. The Bertz CT molecular complexity index is 1100. The topological polar surface area (TPSA) is 144 Å². The van der Waals surface area contributed by atoms with Gasteiger partial charge in [-0.05, 0) is 57.7 Å². The minimum atomic E-state index is -3.70. The average molecular weight is 561 g/mol. The lowest BCUT2D eigenvalue weighted by atomic mass is 9.94. The molecule has 0 spiro atoms. The van der Waals surface area contributed by atoms with Crippen LogP contribution in [0.15, 0.2) is 42.6 Å². The average Bonchev–Trinajstić information content (AvgIpc) is 2.98. The molecule has 1 aromatic rings. The van der Waals surface area contributed by atoms with Crippen molar-refractivity contribution in [2.24, 2.45) is 0 Å². The van der Waals surface area contributed by atoms with E-state index in [1.807, 2.05) is 0 Å². The second kappa shape index (κ2) is 11.2. The molecule has 0 aliphatic carbocycles. The van der Waals surface area contributed by atoms with Crippen LogP contribution in [0, 0.1) is 0 Å². The molecule has 2 aliphatic heterocycles.